The van der Waals surface area contributed by atoms with Gasteiger partial charge < -0.3 is 9.84 Å². The van der Waals surface area contributed by atoms with E-state index in [9.17, 15) is 36.2 Å². The van der Waals surface area contributed by atoms with Gasteiger partial charge in [-0.05, 0) is 17.7 Å². The Morgan fingerprint density at radius 3 is 1.89 bits per heavy atom. The lowest BCUT2D eigenvalue weighted by atomic mass is 9.92. The molecule has 2 rings (SSSR count). The van der Waals surface area contributed by atoms with Gasteiger partial charge in [0, 0.05) is 18.3 Å². The van der Waals surface area contributed by atoms with E-state index in [1.165, 1.54) is 7.05 Å². The first-order valence-electron chi connectivity index (χ1n) is 7.78. The van der Waals surface area contributed by atoms with Gasteiger partial charge in [-0.25, -0.2) is 4.79 Å². The van der Waals surface area contributed by atoms with Crippen LogP contribution in [0.25, 0.3) is 0 Å². The molecule has 10 heteroatoms. The summed E-state index contributed by atoms with van der Waals surface area (Å²) in [5.41, 5.74) is -5.76. The van der Waals surface area contributed by atoms with Gasteiger partial charge in [-0.2, -0.15) is 26.3 Å². The van der Waals surface area contributed by atoms with Crippen LogP contribution in [0.5, 0.6) is 0 Å². The van der Waals surface area contributed by atoms with Crippen LogP contribution in [-0.4, -0.2) is 30.6 Å². The molecular formula is C18H15F6NO3. The molecule has 0 aromatic heterocycles. The second-order valence-electron chi connectivity index (χ2n) is 5.85. The molecule has 0 saturated heterocycles. The molecule has 1 N–H and O–H groups in total. The Labute approximate surface area is 156 Å². The van der Waals surface area contributed by atoms with Crippen molar-refractivity contribution in [3.63, 3.8) is 0 Å². The summed E-state index contributed by atoms with van der Waals surface area (Å²) in [5.74, 6) is 0. The van der Waals surface area contributed by atoms with Gasteiger partial charge in [0.2, 0.25) is 0 Å². The molecule has 0 unspecified atom stereocenters. The van der Waals surface area contributed by atoms with E-state index in [-0.39, 0.29) is 12.3 Å². The summed E-state index contributed by atoms with van der Waals surface area (Å²) in [6.07, 6.45) is -12.8. The minimum absolute atomic E-state index is 0.0199. The molecular weight excluding hydrogens is 392 g/mol. The predicted octanol–water partition coefficient (Wildman–Crippen LogP) is 4.77. The monoisotopic (exact) mass is 407 g/mol. The van der Waals surface area contributed by atoms with Gasteiger partial charge in [-0.3, -0.25) is 4.90 Å². The Morgan fingerprint density at radius 1 is 0.929 bits per heavy atom. The largest absolute Gasteiger partial charge is 0.444 e. The highest BCUT2D eigenvalue weighted by Gasteiger charge is 2.71. The summed E-state index contributed by atoms with van der Waals surface area (Å²) in [6, 6.07) is 11.2. The van der Waals surface area contributed by atoms with E-state index in [2.05, 4.69) is 0 Å². The van der Waals surface area contributed by atoms with Crippen molar-refractivity contribution in [2.75, 3.05) is 11.9 Å². The minimum Gasteiger partial charge on any atom is -0.444 e. The average molecular weight is 407 g/mol. The topological polar surface area (TPSA) is 49.8 Å². The number of carbonyl (C=O) groups excluding carboxylic acids is 1. The highest BCUT2D eigenvalue weighted by atomic mass is 19.4. The molecule has 0 aliphatic carbocycles. The molecule has 0 aliphatic heterocycles. The van der Waals surface area contributed by atoms with Crippen LogP contribution in [0.1, 0.15) is 11.1 Å². The van der Waals surface area contributed by atoms with Crippen LogP contribution in [0.15, 0.2) is 54.6 Å². The Bertz CT molecular complexity index is 789. The maximum atomic E-state index is 12.9. The third-order valence-electron chi connectivity index (χ3n) is 3.97. The van der Waals surface area contributed by atoms with E-state index in [1.807, 2.05) is 0 Å². The number of benzene rings is 2. The number of ether oxygens (including phenoxy) is 1. The van der Waals surface area contributed by atoms with Crippen LogP contribution < -0.4 is 4.90 Å². The van der Waals surface area contributed by atoms with E-state index in [0.29, 0.717) is 17.7 Å². The molecule has 0 aliphatic rings. The number of alkyl halides is 6. The van der Waals surface area contributed by atoms with Crippen LogP contribution in [0.3, 0.4) is 0 Å². The Morgan fingerprint density at radius 2 is 1.43 bits per heavy atom. The molecule has 0 saturated carbocycles. The molecule has 1 amide bonds. The van der Waals surface area contributed by atoms with Crippen molar-refractivity contribution in [2.45, 2.75) is 24.6 Å². The quantitative estimate of drug-likeness (QED) is 0.743. The van der Waals surface area contributed by atoms with Crippen LogP contribution >= 0.6 is 0 Å². The van der Waals surface area contributed by atoms with Crippen molar-refractivity contribution in [3.8, 4) is 0 Å². The number of amides is 1. The number of aliphatic hydroxyl groups is 1. The van der Waals surface area contributed by atoms with Crippen LogP contribution in [0.4, 0.5) is 36.8 Å². The average Bonchev–Trinajstić information content (AvgIpc) is 2.64. The molecule has 4 nitrogen and oxygen atoms in total. The second-order valence-corrected chi connectivity index (χ2v) is 5.85. The molecule has 152 valence electrons. The fourth-order valence-corrected chi connectivity index (χ4v) is 2.34. The Balaban J connectivity index is 2.17. The number of hydrogen-bond acceptors (Lipinski definition) is 3. The molecule has 28 heavy (non-hydrogen) atoms. The van der Waals surface area contributed by atoms with Crippen molar-refractivity contribution < 1.29 is 41.0 Å². The van der Waals surface area contributed by atoms with Gasteiger partial charge in [0.1, 0.15) is 6.61 Å². The zero-order valence-electron chi connectivity index (χ0n) is 14.4. The fourth-order valence-electron chi connectivity index (χ4n) is 2.34. The number of nitrogens with zero attached hydrogens (tertiary/aromatic N) is 1. The Hall–Kier alpha value is -2.75. The lowest BCUT2D eigenvalue weighted by Crippen LogP contribution is -2.53. The van der Waals surface area contributed by atoms with Gasteiger partial charge in [0.05, 0.1) is 0 Å². The van der Waals surface area contributed by atoms with Crippen molar-refractivity contribution in [1.82, 2.24) is 0 Å². The number of anilines is 1. The second kappa shape index (κ2) is 7.70. The maximum absolute atomic E-state index is 12.9. The maximum Gasteiger partial charge on any atom is 0.430 e. The number of halogens is 6. The van der Waals surface area contributed by atoms with Crippen molar-refractivity contribution >= 4 is 11.8 Å². The number of hydrogen-bond donors (Lipinski definition) is 1. The van der Waals surface area contributed by atoms with Crippen molar-refractivity contribution in [1.29, 1.82) is 0 Å². The smallest absolute Gasteiger partial charge is 0.430 e. The van der Waals surface area contributed by atoms with Gasteiger partial charge in [-0.15, -0.1) is 0 Å². The third-order valence-corrected chi connectivity index (χ3v) is 3.97. The van der Waals surface area contributed by atoms with Gasteiger partial charge in [0.25, 0.3) is 5.60 Å². The predicted molar refractivity (Wildman–Crippen MR) is 87.5 cm³/mol. The summed E-state index contributed by atoms with van der Waals surface area (Å²) in [5, 5.41) is 9.35. The number of rotatable bonds is 4. The van der Waals surface area contributed by atoms with Crippen molar-refractivity contribution in [2.24, 2.45) is 0 Å². The van der Waals surface area contributed by atoms with Gasteiger partial charge in [-0.1, -0.05) is 42.5 Å². The summed E-state index contributed by atoms with van der Waals surface area (Å²) < 4.78 is 82.3. The van der Waals surface area contributed by atoms with E-state index < -0.39 is 29.6 Å². The van der Waals surface area contributed by atoms with E-state index in [1.54, 1.807) is 30.3 Å². The first-order chi connectivity index (χ1) is 12.9. The summed E-state index contributed by atoms with van der Waals surface area (Å²) in [7, 11) is 1.24. The lowest BCUT2D eigenvalue weighted by Gasteiger charge is -2.32. The summed E-state index contributed by atoms with van der Waals surface area (Å²) in [4.78, 5) is 12.9. The highest BCUT2D eigenvalue weighted by Crippen LogP contribution is 2.50. The SMILES string of the molecule is CN(C(=O)OCc1ccccc1)c1ccc(C(O)(C(F)(F)F)C(F)(F)F)cc1. The molecule has 0 radical (unpaired) electrons. The van der Waals surface area contributed by atoms with E-state index >= 15 is 0 Å². The van der Waals surface area contributed by atoms with E-state index in [4.69, 9.17) is 4.74 Å². The molecule has 0 atom stereocenters. The molecule has 0 heterocycles. The fraction of sp³-hybridized carbons (Fsp3) is 0.278. The van der Waals surface area contributed by atoms with Crippen LogP contribution in [0.2, 0.25) is 0 Å². The zero-order chi connectivity index (χ0) is 21.2. The van der Waals surface area contributed by atoms with Crippen LogP contribution in [-0.2, 0) is 16.9 Å². The molecule has 2 aromatic rings. The summed E-state index contributed by atoms with van der Waals surface area (Å²) >= 11 is 0. The first-order valence-corrected chi connectivity index (χ1v) is 7.78. The Kier molecular flexibility index (Phi) is 5.93. The standard InChI is InChI=1S/C18H15F6NO3/c1-25(15(26)28-11-12-5-3-2-4-6-12)14-9-7-13(8-10-14)16(27,17(19,20)21)18(22,23)24/h2-10,27H,11H2,1H3. The molecule has 0 fully saturated rings. The highest BCUT2D eigenvalue weighted by molar-refractivity contribution is 5.86. The zero-order valence-corrected chi connectivity index (χ0v) is 14.4. The minimum atomic E-state index is -5.98. The molecule has 2 aromatic carbocycles. The van der Waals surface area contributed by atoms with Crippen LogP contribution in [0, 0.1) is 0 Å². The van der Waals surface area contributed by atoms with Crippen molar-refractivity contribution in [3.05, 3.63) is 65.7 Å². The third kappa shape index (κ3) is 4.22. The van der Waals surface area contributed by atoms with Gasteiger partial charge >= 0.3 is 18.4 Å². The number of carbonyl (C=O) groups is 1. The van der Waals surface area contributed by atoms with Gasteiger partial charge in [0.15, 0.2) is 0 Å². The normalized spacial score (nSPS) is 12.6. The molecule has 0 spiro atoms. The van der Waals surface area contributed by atoms with E-state index in [0.717, 1.165) is 17.0 Å². The first kappa shape index (κ1) is 21.5. The molecule has 0 bridgehead atoms. The summed E-state index contributed by atoms with van der Waals surface area (Å²) in [6.45, 7) is -0.0655. The lowest BCUT2D eigenvalue weighted by molar-refractivity contribution is -0.376.